The van der Waals surface area contributed by atoms with Crippen molar-refractivity contribution in [1.82, 2.24) is 10.2 Å². The summed E-state index contributed by atoms with van der Waals surface area (Å²) in [6.45, 7) is 6.31. The lowest BCUT2D eigenvalue weighted by Gasteiger charge is -2.32. The molecule has 3 nitrogen and oxygen atoms in total. The van der Waals surface area contributed by atoms with Crippen LogP contribution in [0.4, 0.5) is 0 Å². The zero-order valence-corrected chi connectivity index (χ0v) is 11.2. The molecule has 2 atom stereocenters. The SMILES string of the molecule is CCC1(C)NC(C)N(C(C2CC2)C2CC2)C1=O. The molecule has 1 aliphatic heterocycles. The highest BCUT2D eigenvalue weighted by molar-refractivity contribution is 5.88. The summed E-state index contributed by atoms with van der Waals surface area (Å²) >= 11 is 0. The van der Waals surface area contributed by atoms with Crippen molar-refractivity contribution in [3.05, 3.63) is 0 Å². The number of amides is 1. The predicted octanol–water partition coefficient (Wildman–Crippen LogP) is 2.12. The summed E-state index contributed by atoms with van der Waals surface area (Å²) in [6.07, 6.45) is 6.44. The smallest absolute Gasteiger partial charge is 0.244 e. The van der Waals surface area contributed by atoms with Crippen molar-refractivity contribution in [2.75, 3.05) is 0 Å². The van der Waals surface area contributed by atoms with Crippen LogP contribution in [0.1, 0.15) is 52.9 Å². The Balaban J connectivity index is 1.83. The Morgan fingerprint density at radius 3 is 2.24 bits per heavy atom. The van der Waals surface area contributed by atoms with E-state index in [1.807, 2.05) is 0 Å². The van der Waals surface area contributed by atoms with Gasteiger partial charge in [-0.3, -0.25) is 10.1 Å². The largest absolute Gasteiger partial charge is 0.322 e. The van der Waals surface area contributed by atoms with Gasteiger partial charge in [0.15, 0.2) is 0 Å². The van der Waals surface area contributed by atoms with Gasteiger partial charge in [0.25, 0.3) is 0 Å². The van der Waals surface area contributed by atoms with E-state index < -0.39 is 0 Å². The lowest BCUT2D eigenvalue weighted by Crippen LogP contribution is -2.46. The maximum absolute atomic E-state index is 12.6. The number of hydrogen-bond donors (Lipinski definition) is 1. The molecule has 1 amide bonds. The van der Waals surface area contributed by atoms with Crippen molar-refractivity contribution >= 4 is 5.91 Å². The van der Waals surface area contributed by atoms with Crippen molar-refractivity contribution in [2.24, 2.45) is 11.8 Å². The van der Waals surface area contributed by atoms with Crippen LogP contribution in [0.2, 0.25) is 0 Å². The van der Waals surface area contributed by atoms with Crippen LogP contribution in [-0.4, -0.2) is 28.6 Å². The Labute approximate surface area is 104 Å². The standard InChI is InChI=1S/C14H24N2O/c1-4-14(3)13(17)16(9(2)15-14)12(10-5-6-10)11-7-8-11/h9-12,15H,4-8H2,1-3H3. The third-order valence-electron chi connectivity index (χ3n) is 4.89. The summed E-state index contributed by atoms with van der Waals surface area (Å²) in [5.74, 6) is 1.95. The van der Waals surface area contributed by atoms with Gasteiger partial charge in [0.05, 0.1) is 11.7 Å². The molecule has 0 radical (unpaired) electrons. The minimum atomic E-state index is -0.318. The molecule has 0 aromatic carbocycles. The fourth-order valence-electron chi connectivity index (χ4n) is 3.41. The predicted molar refractivity (Wildman–Crippen MR) is 67.4 cm³/mol. The van der Waals surface area contributed by atoms with E-state index in [1.165, 1.54) is 25.7 Å². The molecular formula is C14H24N2O. The van der Waals surface area contributed by atoms with Crippen LogP contribution in [-0.2, 0) is 4.79 Å². The second kappa shape index (κ2) is 3.71. The van der Waals surface area contributed by atoms with E-state index in [4.69, 9.17) is 0 Å². The zero-order chi connectivity index (χ0) is 12.2. The maximum Gasteiger partial charge on any atom is 0.244 e. The molecule has 96 valence electrons. The van der Waals surface area contributed by atoms with Gasteiger partial charge in [-0.15, -0.1) is 0 Å². The summed E-state index contributed by atoms with van der Waals surface area (Å²) in [7, 11) is 0. The minimum Gasteiger partial charge on any atom is -0.322 e. The molecule has 3 fully saturated rings. The molecule has 3 heteroatoms. The Kier molecular flexibility index (Phi) is 2.51. The summed E-state index contributed by atoms with van der Waals surface area (Å²) < 4.78 is 0. The molecule has 1 saturated heterocycles. The van der Waals surface area contributed by atoms with E-state index in [0.29, 0.717) is 11.9 Å². The molecule has 0 spiro atoms. The highest BCUT2D eigenvalue weighted by atomic mass is 16.2. The van der Waals surface area contributed by atoms with Gasteiger partial charge in [-0.2, -0.15) is 0 Å². The van der Waals surface area contributed by atoms with Crippen LogP contribution in [0.15, 0.2) is 0 Å². The van der Waals surface area contributed by atoms with E-state index >= 15 is 0 Å². The highest BCUT2D eigenvalue weighted by Gasteiger charge is 2.54. The molecule has 0 aromatic rings. The van der Waals surface area contributed by atoms with Gasteiger partial charge >= 0.3 is 0 Å². The topological polar surface area (TPSA) is 32.3 Å². The van der Waals surface area contributed by atoms with Crippen LogP contribution in [0.3, 0.4) is 0 Å². The number of nitrogens with zero attached hydrogens (tertiary/aromatic N) is 1. The first-order chi connectivity index (χ1) is 8.07. The first kappa shape index (κ1) is 11.5. The highest BCUT2D eigenvalue weighted by Crippen LogP contribution is 2.49. The van der Waals surface area contributed by atoms with Crippen LogP contribution in [0.25, 0.3) is 0 Å². The maximum atomic E-state index is 12.6. The summed E-state index contributed by atoms with van der Waals surface area (Å²) in [5.41, 5.74) is -0.318. The fraction of sp³-hybridized carbons (Fsp3) is 0.929. The van der Waals surface area contributed by atoms with Gasteiger partial charge < -0.3 is 4.90 Å². The van der Waals surface area contributed by atoms with Gasteiger partial charge in [0.1, 0.15) is 0 Å². The van der Waals surface area contributed by atoms with Crippen molar-refractivity contribution in [3.8, 4) is 0 Å². The summed E-state index contributed by atoms with van der Waals surface area (Å²) in [5, 5.41) is 3.50. The molecule has 0 bridgehead atoms. The monoisotopic (exact) mass is 236 g/mol. The molecule has 3 rings (SSSR count). The van der Waals surface area contributed by atoms with Gasteiger partial charge in [-0.25, -0.2) is 0 Å². The second-order valence-electron chi connectivity index (χ2n) is 6.38. The molecule has 3 aliphatic rings. The number of hydrogen-bond acceptors (Lipinski definition) is 2. The lowest BCUT2D eigenvalue weighted by atomic mass is 9.97. The summed E-state index contributed by atoms with van der Waals surface area (Å²) in [6, 6.07) is 0.540. The zero-order valence-electron chi connectivity index (χ0n) is 11.2. The quantitative estimate of drug-likeness (QED) is 0.811. The molecular weight excluding hydrogens is 212 g/mol. The number of carbonyl (C=O) groups excluding carboxylic acids is 1. The van der Waals surface area contributed by atoms with Crippen molar-refractivity contribution in [1.29, 1.82) is 0 Å². The molecule has 2 unspecified atom stereocenters. The summed E-state index contributed by atoms with van der Waals surface area (Å²) in [4.78, 5) is 14.8. The third-order valence-corrected chi connectivity index (χ3v) is 4.89. The van der Waals surface area contributed by atoms with Crippen molar-refractivity contribution in [3.63, 3.8) is 0 Å². The van der Waals surface area contributed by atoms with Crippen LogP contribution in [0.5, 0.6) is 0 Å². The van der Waals surface area contributed by atoms with Crippen LogP contribution < -0.4 is 5.32 Å². The van der Waals surface area contributed by atoms with E-state index in [2.05, 4.69) is 31.0 Å². The number of carbonyl (C=O) groups is 1. The van der Waals surface area contributed by atoms with Gasteiger partial charge in [0, 0.05) is 6.04 Å². The fourth-order valence-corrected chi connectivity index (χ4v) is 3.41. The first-order valence-electron chi connectivity index (χ1n) is 7.17. The molecule has 1 N–H and O–H groups in total. The number of rotatable bonds is 4. The second-order valence-corrected chi connectivity index (χ2v) is 6.38. The molecule has 1 heterocycles. The lowest BCUT2D eigenvalue weighted by molar-refractivity contribution is -0.135. The van der Waals surface area contributed by atoms with E-state index in [1.54, 1.807) is 0 Å². The molecule has 2 aliphatic carbocycles. The Morgan fingerprint density at radius 2 is 1.88 bits per heavy atom. The van der Waals surface area contributed by atoms with Gasteiger partial charge in [0.2, 0.25) is 5.91 Å². The third kappa shape index (κ3) is 1.79. The van der Waals surface area contributed by atoms with E-state index in [-0.39, 0.29) is 11.7 Å². The first-order valence-corrected chi connectivity index (χ1v) is 7.17. The van der Waals surface area contributed by atoms with Crippen LogP contribution >= 0.6 is 0 Å². The molecule has 17 heavy (non-hydrogen) atoms. The Morgan fingerprint density at radius 1 is 1.35 bits per heavy atom. The Bertz CT molecular complexity index is 323. The van der Waals surface area contributed by atoms with Crippen molar-refractivity contribution < 1.29 is 4.79 Å². The van der Waals surface area contributed by atoms with Crippen LogP contribution in [0, 0.1) is 11.8 Å². The molecule has 0 aromatic heterocycles. The van der Waals surface area contributed by atoms with Gasteiger partial charge in [-0.05, 0) is 57.8 Å². The Hall–Kier alpha value is -0.570. The average molecular weight is 236 g/mol. The normalized spacial score (nSPS) is 38.2. The van der Waals surface area contributed by atoms with E-state index in [9.17, 15) is 4.79 Å². The van der Waals surface area contributed by atoms with Gasteiger partial charge in [-0.1, -0.05) is 6.92 Å². The van der Waals surface area contributed by atoms with E-state index in [0.717, 1.165) is 18.3 Å². The molecule has 2 saturated carbocycles. The average Bonchev–Trinajstić information content (AvgIpc) is 3.15. The minimum absolute atomic E-state index is 0.221. The number of nitrogens with one attached hydrogen (secondary N) is 1. The van der Waals surface area contributed by atoms with Crippen molar-refractivity contribution in [2.45, 2.75) is 70.6 Å².